The minimum Gasteiger partial charge on any atom is -0.507 e. The number of nitro groups is 1. The third kappa shape index (κ3) is 3.96. The number of hydrogen-bond acceptors (Lipinski definition) is 5. The minimum atomic E-state index is -0.562. The van der Waals surface area contributed by atoms with Crippen LogP contribution in [-0.4, -0.2) is 16.0 Å². The summed E-state index contributed by atoms with van der Waals surface area (Å²) in [7, 11) is 0. The van der Waals surface area contributed by atoms with E-state index in [0.717, 1.165) is 33.0 Å². The Morgan fingerprint density at radius 2 is 1.58 bits per heavy atom. The van der Waals surface area contributed by atoms with Gasteiger partial charge in [-0.3, -0.25) is 10.1 Å². The van der Waals surface area contributed by atoms with Gasteiger partial charge in [0.1, 0.15) is 11.5 Å². The third-order valence-electron chi connectivity index (χ3n) is 5.16. The van der Waals surface area contributed by atoms with Crippen molar-refractivity contribution in [1.29, 1.82) is 0 Å². The molecule has 4 rings (SSSR count). The van der Waals surface area contributed by atoms with Crippen LogP contribution in [0.15, 0.2) is 72.8 Å². The summed E-state index contributed by atoms with van der Waals surface area (Å²) >= 11 is 0. The van der Waals surface area contributed by atoms with E-state index in [1.807, 2.05) is 50.2 Å². The topological polar surface area (TPSA) is 89.7 Å². The molecule has 154 valence electrons. The Hall–Kier alpha value is -4.19. The average molecular weight is 413 g/mol. The van der Waals surface area contributed by atoms with E-state index >= 15 is 0 Å². The maximum absolute atomic E-state index is 12.9. The summed E-state index contributed by atoms with van der Waals surface area (Å²) < 4.78 is 5.44. The average Bonchev–Trinajstić information content (AvgIpc) is 2.76. The zero-order valence-corrected chi connectivity index (χ0v) is 17.0. The summed E-state index contributed by atoms with van der Waals surface area (Å²) in [5.74, 6) is -0.0866. The second-order valence-electron chi connectivity index (χ2n) is 7.34. The molecule has 31 heavy (non-hydrogen) atoms. The second-order valence-corrected chi connectivity index (χ2v) is 7.34. The summed E-state index contributed by atoms with van der Waals surface area (Å²) in [6, 6.07) is 20.4. The Bertz CT molecular complexity index is 1300. The lowest BCUT2D eigenvalue weighted by Gasteiger charge is -2.13. The van der Waals surface area contributed by atoms with E-state index < -0.39 is 10.9 Å². The predicted octanol–water partition coefficient (Wildman–Crippen LogP) is 5.96. The monoisotopic (exact) mass is 413 g/mol. The van der Waals surface area contributed by atoms with Crippen LogP contribution in [0.1, 0.15) is 21.5 Å². The van der Waals surface area contributed by atoms with Gasteiger partial charge < -0.3 is 9.84 Å². The highest BCUT2D eigenvalue weighted by Gasteiger charge is 2.16. The number of carbonyl (C=O) groups is 1. The van der Waals surface area contributed by atoms with Crippen LogP contribution in [0.25, 0.3) is 21.9 Å². The van der Waals surface area contributed by atoms with Crippen molar-refractivity contribution in [3.05, 3.63) is 99.6 Å². The number of carbonyl (C=O) groups excluding carboxylic acids is 1. The number of non-ortho nitro benzene ring substituents is 1. The first-order chi connectivity index (χ1) is 14.8. The summed E-state index contributed by atoms with van der Waals surface area (Å²) in [6.45, 7) is 3.67. The molecule has 6 nitrogen and oxygen atoms in total. The van der Waals surface area contributed by atoms with E-state index in [2.05, 4.69) is 0 Å². The van der Waals surface area contributed by atoms with Crippen molar-refractivity contribution in [2.24, 2.45) is 0 Å². The van der Waals surface area contributed by atoms with Crippen LogP contribution in [0.3, 0.4) is 0 Å². The first kappa shape index (κ1) is 20.1. The maximum Gasteiger partial charge on any atom is 0.343 e. The molecule has 0 bridgehead atoms. The number of hydrogen-bond donors (Lipinski definition) is 1. The molecule has 0 saturated heterocycles. The van der Waals surface area contributed by atoms with Crippen molar-refractivity contribution in [2.45, 2.75) is 13.8 Å². The quantitative estimate of drug-likeness (QED) is 0.193. The van der Waals surface area contributed by atoms with E-state index in [1.165, 1.54) is 24.3 Å². The zero-order valence-electron chi connectivity index (χ0n) is 17.0. The number of benzene rings is 4. The predicted molar refractivity (Wildman–Crippen MR) is 119 cm³/mol. The molecular weight excluding hydrogens is 394 g/mol. The molecule has 0 spiro atoms. The van der Waals surface area contributed by atoms with Gasteiger partial charge in [0.2, 0.25) is 0 Å². The largest absolute Gasteiger partial charge is 0.507 e. The van der Waals surface area contributed by atoms with Crippen molar-refractivity contribution >= 4 is 22.4 Å². The van der Waals surface area contributed by atoms with Crippen LogP contribution in [0, 0.1) is 24.0 Å². The molecule has 4 aromatic rings. The fourth-order valence-corrected chi connectivity index (χ4v) is 3.58. The Labute approximate surface area is 178 Å². The molecule has 0 fully saturated rings. The Balaban J connectivity index is 1.77. The molecule has 0 saturated carbocycles. The molecule has 0 heterocycles. The van der Waals surface area contributed by atoms with Crippen molar-refractivity contribution in [3.8, 4) is 22.6 Å². The van der Waals surface area contributed by atoms with Gasteiger partial charge in [-0.1, -0.05) is 24.3 Å². The molecule has 1 N–H and O–H groups in total. The van der Waals surface area contributed by atoms with E-state index in [4.69, 9.17) is 4.74 Å². The number of nitrogens with zero attached hydrogens (tertiary/aromatic N) is 1. The zero-order chi connectivity index (χ0) is 22.1. The number of aromatic hydroxyl groups is 1. The molecule has 0 aliphatic carbocycles. The van der Waals surface area contributed by atoms with Gasteiger partial charge in [0, 0.05) is 12.1 Å². The van der Waals surface area contributed by atoms with Gasteiger partial charge in [-0.05, 0) is 83.3 Å². The van der Waals surface area contributed by atoms with Gasteiger partial charge in [0.05, 0.1) is 10.5 Å². The lowest BCUT2D eigenvalue weighted by atomic mass is 9.93. The normalized spacial score (nSPS) is 10.8. The molecule has 0 amide bonds. The van der Waals surface area contributed by atoms with Crippen molar-refractivity contribution < 1.29 is 19.6 Å². The number of esters is 1. The molecule has 0 atom stereocenters. The molecule has 0 radical (unpaired) electrons. The van der Waals surface area contributed by atoms with E-state index in [0.29, 0.717) is 5.56 Å². The molecule has 0 aliphatic heterocycles. The van der Waals surface area contributed by atoms with E-state index in [1.54, 1.807) is 12.1 Å². The van der Waals surface area contributed by atoms with E-state index in [9.17, 15) is 20.0 Å². The van der Waals surface area contributed by atoms with Gasteiger partial charge in [0.25, 0.3) is 5.69 Å². The number of phenolic OH excluding ortho intramolecular Hbond substituents is 1. The second kappa shape index (κ2) is 7.91. The number of fused-ring (bicyclic) bond motifs is 1. The summed E-state index contributed by atoms with van der Waals surface area (Å²) in [4.78, 5) is 23.1. The fourth-order valence-electron chi connectivity index (χ4n) is 3.58. The number of rotatable bonds is 4. The van der Waals surface area contributed by atoms with Crippen LogP contribution < -0.4 is 4.74 Å². The first-order valence-corrected chi connectivity index (χ1v) is 9.63. The molecule has 4 aromatic carbocycles. The number of aryl methyl sites for hydroxylation is 2. The van der Waals surface area contributed by atoms with Gasteiger partial charge in [-0.2, -0.15) is 0 Å². The third-order valence-corrected chi connectivity index (χ3v) is 5.16. The van der Waals surface area contributed by atoms with E-state index in [-0.39, 0.29) is 17.2 Å². The highest BCUT2D eigenvalue weighted by atomic mass is 16.6. The van der Waals surface area contributed by atoms with Gasteiger partial charge in [-0.15, -0.1) is 0 Å². The van der Waals surface area contributed by atoms with Gasteiger partial charge >= 0.3 is 5.97 Å². The summed E-state index contributed by atoms with van der Waals surface area (Å²) in [6.07, 6.45) is 0. The molecule has 0 aliphatic rings. The fraction of sp³-hybridized carbons (Fsp3) is 0.0800. The Morgan fingerprint density at radius 3 is 2.23 bits per heavy atom. The number of nitro benzene ring substituents is 1. The minimum absolute atomic E-state index is 0.0779. The summed E-state index contributed by atoms with van der Waals surface area (Å²) in [5.41, 5.74) is 3.51. The SMILES string of the molecule is Cc1cc(-c2cc(C(=O)Oc3ccc([N+](=O)[O-])cc3)cc3ccccc23)cc(C)c1O. The smallest absolute Gasteiger partial charge is 0.343 e. The molecule has 6 heteroatoms. The highest BCUT2D eigenvalue weighted by molar-refractivity contribution is 6.03. The molecule has 0 aromatic heterocycles. The van der Waals surface area contributed by atoms with Crippen LogP contribution in [0.5, 0.6) is 11.5 Å². The Kier molecular flexibility index (Phi) is 5.13. The lowest BCUT2D eigenvalue weighted by molar-refractivity contribution is -0.384. The molecule has 0 unspecified atom stereocenters. The van der Waals surface area contributed by atoms with Crippen molar-refractivity contribution in [1.82, 2.24) is 0 Å². The van der Waals surface area contributed by atoms with Gasteiger partial charge in [-0.25, -0.2) is 4.79 Å². The molecular formula is C25H19NO5. The number of phenols is 1. The lowest BCUT2D eigenvalue weighted by Crippen LogP contribution is -2.09. The number of ether oxygens (including phenoxy) is 1. The van der Waals surface area contributed by atoms with Crippen LogP contribution in [0.2, 0.25) is 0 Å². The Morgan fingerprint density at radius 1 is 0.935 bits per heavy atom. The van der Waals surface area contributed by atoms with Crippen LogP contribution in [-0.2, 0) is 0 Å². The van der Waals surface area contributed by atoms with Crippen LogP contribution >= 0.6 is 0 Å². The highest BCUT2D eigenvalue weighted by Crippen LogP contribution is 2.34. The van der Waals surface area contributed by atoms with Crippen molar-refractivity contribution in [3.63, 3.8) is 0 Å². The maximum atomic E-state index is 12.9. The van der Waals surface area contributed by atoms with Crippen LogP contribution in [0.4, 0.5) is 5.69 Å². The standard InChI is InChI=1S/C25H19NO5/c1-15-11-18(12-16(2)24(15)27)23-14-19(13-17-5-3-4-6-22(17)23)25(28)31-21-9-7-20(8-10-21)26(29)30/h3-14,27H,1-2H3. The van der Waals surface area contributed by atoms with Crippen molar-refractivity contribution in [2.75, 3.05) is 0 Å². The first-order valence-electron chi connectivity index (χ1n) is 9.63. The van der Waals surface area contributed by atoms with Gasteiger partial charge in [0.15, 0.2) is 0 Å². The summed E-state index contributed by atoms with van der Waals surface area (Å²) in [5, 5.41) is 22.8.